The van der Waals surface area contributed by atoms with E-state index in [1.807, 2.05) is 0 Å². The number of hydrogen-bond donors (Lipinski definition) is 0. The zero-order valence-electron chi connectivity index (χ0n) is 11.4. The zero-order chi connectivity index (χ0) is 20.8. The highest BCUT2D eigenvalue weighted by Gasteiger charge is 2.59. The molecular formula is C10H3Br2F9O4S. The Balaban J connectivity index is 3.42. The maximum absolute atomic E-state index is 13.1. The van der Waals surface area contributed by atoms with Gasteiger partial charge in [0.25, 0.3) is 0 Å². The third kappa shape index (κ3) is 5.55. The second-order valence-corrected chi connectivity index (χ2v) is 7.65. The van der Waals surface area contributed by atoms with Crippen LogP contribution in [-0.2, 0) is 10.2 Å². The van der Waals surface area contributed by atoms with Crippen LogP contribution >= 0.6 is 31.9 Å². The van der Waals surface area contributed by atoms with E-state index < -0.39 is 48.5 Å². The van der Waals surface area contributed by atoms with E-state index in [-0.39, 0.29) is 18.2 Å². The van der Waals surface area contributed by atoms with Crippen LogP contribution in [0.15, 0.2) is 23.1 Å². The van der Waals surface area contributed by atoms with Crippen LogP contribution < -0.4 is 9.47 Å². The van der Waals surface area contributed by atoms with E-state index in [1.165, 1.54) is 31.9 Å². The summed E-state index contributed by atoms with van der Waals surface area (Å²) >= 11 is 2.50. The summed E-state index contributed by atoms with van der Waals surface area (Å²) < 4.78 is 145. The highest BCUT2D eigenvalue weighted by atomic mass is 79.9. The Morgan fingerprint density at radius 3 is 1.27 bits per heavy atom. The van der Waals surface area contributed by atoms with Crippen molar-refractivity contribution in [2.75, 3.05) is 0 Å². The molecule has 0 fully saturated rings. The summed E-state index contributed by atoms with van der Waals surface area (Å²) in [7, 11) is -5.78. The van der Waals surface area contributed by atoms with E-state index in [9.17, 15) is 47.4 Å². The van der Waals surface area contributed by atoms with Crippen molar-refractivity contribution in [2.24, 2.45) is 0 Å². The van der Waals surface area contributed by atoms with Gasteiger partial charge in [0.2, 0.25) is 0 Å². The van der Waals surface area contributed by atoms with E-state index in [0.717, 1.165) is 0 Å². The van der Waals surface area contributed by atoms with Crippen LogP contribution in [0.3, 0.4) is 0 Å². The predicted octanol–water partition coefficient (Wildman–Crippen LogP) is 5.26. The molecule has 0 radical (unpaired) electrons. The summed E-state index contributed by atoms with van der Waals surface area (Å²) in [5.41, 5.74) is 0. The average Bonchev–Trinajstić information content (AvgIpc) is 2.33. The number of ether oxygens (including phenoxy) is 2. The van der Waals surface area contributed by atoms with E-state index in [4.69, 9.17) is 0 Å². The molecule has 0 aromatic heterocycles. The predicted molar refractivity (Wildman–Crippen MR) is 73.6 cm³/mol. The van der Waals surface area contributed by atoms with Crippen molar-refractivity contribution in [3.8, 4) is 11.5 Å². The highest BCUT2D eigenvalue weighted by molar-refractivity contribution is 9.10. The molecule has 0 amide bonds. The summed E-state index contributed by atoms with van der Waals surface area (Å²) in [6.45, 7) is 0. The fourth-order valence-electron chi connectivity index (χ4n) is 1.22. The first-order valence-electron chi connectivity index (χ1n) is 5.63. The molecule has 26 heavy (non-hydrogen) atoms. The molecule has 0 saturated carbocycles. The lowest BCUT2D eigenvalue weighted by Gasteiger charge is -2.24. The molecule has 0 aliphatic rings. The van der Waals surface area contributed by atoms with E-state index in [0.29, 0.717) is 0 Å². The first-order valence-corrected chi connectivity index (χ1v) is 8.60. The monoisotopic (exact) mass is 548 g/mol. The minimum Gasteiger partial charge on any atom is -0.427 e. The Bertz CT molecular complexity index is 727. The molecule has 0 bridgehead atoms. The van der Waals surface area contributed by atoms with Crippen molar-refractivity contribution in [3.63, 3.8) is 0 Å². The summed E-state index contributed by atoms with van der Waals surface area (Å²) in [6.07, 6.45) is -10.7. The second kappa shape index (κ2) is 6.92. The highest BCUT2D eigenvalue weighted by Crippen LogP contribution is 2.44. The standard InChI is InChI=1S/C10H3Br2F9O4S/c11-7(13,14)9(17,18)24-4-1-5(3-6(2-4)26(21,22)23)25-10(19,20)8(12,15)16/h1-3H. The molecule has 1 rings (SSSR count). The maximum atomic E-state index is 13.1. The van der Waals surface area contributed by atoms with Crippen LogP contribution in [0.2, 0.25) is 0 Å². The summed E-state index contributed by atoms with van der Waals surface area (Å²) in [6, 6.07) is -0.230. The summed E-state index contributed by atoms with van der Waals surface area (Å²) in [4.78, 5) is -11.7. The number of benzene rings is 1. The van der Waals surface area contributed by atoms with Gasteiger partial charge in [-0.25, -0.2) is 0 Å². The lowest BCUT2D eigenvalue weighted by Crippen LogP contribution is -2.41. The van der Waals surface area contributed by atoms with Crippen molar-refractivity contribution in [2.45, 2.75) is 26.8 Å². The Kier molecular flexibility index (Phi) is 6.16. The summed E-state index contributed by atoms with van der Waals surface area (Å²) in [5, 5.41) is 0. The fourth-order valence-corrected chi connectivity index (χ4v) is 1.89. The first-order chi connectivity index (χ1) is 11.3. The SMILES string of the molecule is O=S(=O)(F)c1cc(OC(F)(F)C(F)(F)Br)cc(OC(F)(F)C(F)(F)Br)c1. The molecule has 1 aromatic carbocycles. The Labute approximate surface area is 155 Å². The maximum Gasteiger partial charge on any atom is 0.475 e. The molecule has 1 aromatic rings. The van der Waals surface area contributed by atoms with Crippen molar-refractivity contribution < 1.29 is 56.9 Å². The quantitative estimate of drug-likeness (QED) is 0.264. The first kappa shape index (κ1) is 23.1. The van der Waals surface area contributed by atoms with Gasteiger partial charge in [-0.15, -0.1) is 3.89 Å². The normalized spacial score (nSPS) is 14.3. The number of rotatable bonds is 7. The molecule has 16 heteroatoms. The number of alkyl halides is 10. The fraction of sp³-hybridized carbons (Fsp3) is 0.400. The lowest BCUT2D eigenvalue weighted by molar-refractivity contribution is -0.268. The van der Waals surface area contributed by atoms with Gasteiger partial charge in [0.15, 0.2) is 0 Å². The number of halogens is 11. The van der Waals surface area contributed by atoms with Crippen molar-refractivity contribution in [1.82, 2.24) is 0 Å². The minimum absolute atomic E-state index is 0.0615. The molecule has 0 aliphatic heterocycles. The molecule has 0 heterocycles. The van der Waals surface area contributed by atoms with Crippen LogP contribution in [0, 0.1) is 0 Å². The van der Waals surface area contributed by atoms with Gasteiger partial charge in [-0.05, 0) is 0 Å². The molecule has 0 unspecified atom stereocenters. The molecule has 0 aliphatic carbocycles. The van der Waals surface area contributed by atoms with Crippen LogP contribution in [0.1, 0.15) is 0 Å². The van der Waals surface area contributed by atoms with Gasteiger partial charge in [-0.3, -0.25) is 0 Å². The third-order valence-electron chi connectivity index (χ3n) is 2.29. The Hall–Kier alpha value is -0.900. The molecular weight excluding hydrogens is 547 g/mol. The molecule has 0 N–H and O–H groups in total. The molecule has 0 atom stereocenters. The minimum atomic E-state index is -5.78. The van der Waals surface area contributed by atoms with E-state index >= 15 is 0 Å². The van der Waals surface area contributed by atoms with Crippen LogP contribution in [0.5, 0.6) is 11.5 Å². The van der Waals surface area contributed by atoms with Gasteiger partial charge in [0, 0.05) is 50.1 Å². The van der Waals surface area contributed by atoms with E-state index in [1.54, 1.807) is 0 Å². The zero-order valence-corrected chi connectivity index (χ0v) is 15.4. The Morgan fingerprint density at radius 1 is 0.731 bits per heavy atom. The van der Waals surface area contributed by atoms with Gasteiger partial charge < -0.3 is 9.47 Å². The third-order valence-corrected chi connectivity index (χ3v) is 4.01. The lowest BCUT2D eigenvalue weighted by atomic mass is 10.3. The van der Waals surface area contributed by atoms with Gasteiger partial charge in [-0.1, -0.05) is 0 Å². The van der Waals surface area contributed by atoms with Gasteiger partial charge in [0.1, 0.15) is 16.4 Å². The molecule has 4 nitrogen and oxygen atoms in total. The molecule has 0 saturated heterocycles. The van der Waals surface area contributed by atoms with Crippen molar-refractivity contribution in [1.29, 1.82) is 0 Å². The molecule has 150 valence electrons. The van der Waals surface area contributed by atoms with Crippen LogP contribution in [-0.4, -0.2) is 30.3 Å². The van der Waals surface area contributed by atoms with Crippen molar-refractivity contribution in [3.05, 3.63) is 18.2 Å². The van der Waals surface area contributed by atoms with Gasteiger partial charge in [-0.2, -0.15) is 43.5 Å². The van der Waals surface area contributed by atoms with Gasteiger partial charge >= 0.3 is 32.1 Å². The van der Waals surface area contributed by atoms with Gasteiger partial charge in [0.05, 0.1) is 0 Å². The van der Waals surface area contributed by atoms with E-state index in [2.05, 4.69) is 9.47 Å². The van der Waals surface area contributed by atoms with Crippen LogP contribution in [0.4, 0.5) is 39.0 Å². The smallest absolute Gasteiger partial charge is 0.427 e. The summed E-state index contributed by atoms with van der Waals surface area (Å²) in [5.74, 6) is -3.20. The Morgan fingerprint density at radius 2 is 1.04 bits per heavy atom. The number of hydrogen-bond acceptors (Lipinski definition) is 4. The van der Waals surface area contributed by atoms with Crippen LogP contribution in [0.25, 0.3) is 0 Å². The topological polar surface area (TPSA) is 52.6 Å². The average molecular weight is 550 g/mol. The second-order valence-electron chi connectivity index (χ2n) is 4.31. The largest absolute Gasteiger partial charge is 0.475 e. The van der Waals surface area contributed by atoms with Crippen molar-refractivity contribution >= 4 is 42.1 Å². The molecule has 0 spiro atoms.